The van der Waals surface area contributed by atoms with Gasteiger partial charge in [0.25, 0.3) is 5.91 Å². The normalized spacial score (nSPS) is 12.5. The Morgan fingerprint density at radius 1 is 1.13 bits per heavy atom. The van der Waals surface area contributed by atoms with E-state index in [1.54, 1.807) is 49.8 Å². The number of hydrogen-bond acceptors (Lipinski definition) is 8. The highest BCUT2D eigenvalue weighted by Gasteiger charge is 2.33. The summed E-state index contributed by atoms with van der Waals surface area (Å²) in [4.78, 5) is 21.6. The van der Waals surface area contributed by atoms with E-state index >= 15 is 0 Å². The van der Waals surface area contributed by atoms with Crippen LogP contribution >= 0.6 is 0 Å². The van der Waals surface area contributed by atoms with Crippen LogP contribution < -0.4 is 21.6 Å². The lowest BCUT2D eigenvalue weighted by molar-refractivity contribution is -0.137. The molecule has 46 heavy (non-hydrogen) atoms. The van der Waals surface area contributed by atoms with E-state index in [0.29, 0.717) is 48.3 Å². The molecule has 252 valence electrons. The summed E-state index contributed by atoms with van der Waals surface area (Å²) in [5.74, 6) is 5.97. The van der Waals surface area contributed by atoms with Gasteiger partial charge < -0.3 is 25.6 Å². The van der Waals surface area contributed by atoms with Crippen LogP contribution in [0.4, 0.5) is 18.9 Å². The number of pyridine rings is 1. The molecule has 0 aliphatic carbocycles. The van der Waals surface area contributed by atoms with Gasteiger partial charge in [0.1, 0.15) is 5.75 Å². The number of amides is 1. The van der Waals surface area contributed by atoms with Gasteiger partial charge in [0.15, 0.2) is 0 Å². The Bertz CT molecular complexity index is 1350. The number of aromatic nitrogens is 1. The zero-order chi connectivity index (χ0) is 34.9. The number of nitrogens with zero attached hydrogens (tertiary/aromatic N) is 4. The number of likely N-dealkylation sites (N-methyl/N-ethyl adjacent to an activating group) is 2. The van der Waals surface area contributed by atoms with Gasteiger partial charge >= 0.3 is 6.18 Å². The second kappa shape index (κ2) is 19.9. The summed E-state index contributed by atoms with van der Waals surface area (Å²) in [6.07, 6.45) is 13.2. The molecule has 0 unspecified atom stereocenters. The summed E-state index contributed by atoms with van der Waals surface area (Å²) < 4.78 is 47.9. The number of carbonyl (C=O) groups is 1. The van der Waals surface area contributed by atoms with Crippen molar-refractivity contribution in [3.05, 3.63) is 83.0 Å². The number of rotatable bonds is 16. The zero-order valence-corrected chi connectivity index (χ0v) is 27.7. The third-order valence-electron chi connectivity index (χ3n) is 6.52. The Labute approximate surface area is 271 Å². The van der Waals surface area contributed by atoms with Crippen molar-refractivity contribution in [2.45, 2.75) is 52.8 Å². The van der Waals surface area contributed by atoms with E-state index in [0.717, 1.165) is 18.7 Å². The highest BCUT2D eigenvalue weighted by atomic mass is 19.4. The van der Waals surface area contributed by atoms with Crippen molar-refractivity contribution < 1.29 is 22.7 Å². The molecule has 0 radical (unpaired) electrons. The van der Waals surface area contributed by atoms with E-state index in [9.17, 15) is 18.0 Å². The summed E-state index contributed by atoms with van der Waals surface area (Å²) >= 11 is 0. The number of nitrogens with two attached hydrogens (primary N) is 2. The molecule has 0 fully saturated rings. The molecular formula is C34H48F3N7O2. The first kappa shape index (κ1) is 39.7. The van der Waals surface area contributed by atoms with Gasteiger partial charge in [0.05, 0.1) is 23.6 Å². The largest absolute Gasteiger partial charge is 0.491 e. The summed E-state index contributed by atoms with van der Waals surface area (Å²) in [6.45, 7) is 7.31. The van der Waals surface area contributed by atoms with Crippen LogP contribution in [0.25, 0.3) is 5.70 Å². The number of halogens is 3. The fourth-order valence-corrected chi connectivity index (χ4v) is 4.30. The lowest BCUT2D eigenvalue weighted by Crippen LogP contribution is -2.28. The van der Waals surface area contributed by atoms with E-state index in [1.165, 1.54) is 5.01 Å². The van der Waals surface area contributed by atoms with Gasteiger partial charge in [-0.1, -0.05) is 26.3 Å². The Kier molecular flexibility index (Phi) is 17.2. The minimum absolute atomic E-state index is 0.0551. The lowest BCUT2D eigenvalue weighted by atomic mass is 10.0. The fourth-order valence-electron chi connectivity index (χ4n) is 4.30. The summed E-state index contributed by atoms with van der Waals surface area (Å²) in [7, 11) is 5.68. The number of nitrogens with one attached hydrogen (secondary N) is 1. The summed E-state index contributed by atoms with van der Waals surface area (Å²) in [5, 5.41) is 4.05. The number of allylic oxidation sites excluding steroid dienone is 2. The molecule has 0 bridgehead atoms. The molecule has 2 aromatic rings. The SMILES string of the molecule is C#C.CC/C=C(\C=C(/CCC)N(N)/C=C(\N)c1cccnc1)C(=O)Nc1cc(C(F)(F)F)cc(CN(C)CCN(C)C)c1OCC. The minimum Gasteiger partial charge on any atom is -0.491 e. The predicted octanol–water partition coefficient (Wildman–Crippen LogP) is 5.83. The number of anilines is 1. The number of benzene rings is 1. The Morgan fingerprint density at radius 3 is 2.37 bits per heavy atom. The summed E-state index contributed by atoms with van der Waals surface area (Å²) in [5.41, 5.74) is 7.50. The van der Waals surface area contributed by atoms with E-state index in [1.807, 2.05) is 44.8 Å². The second-order valence-electron chi connectivity index (χ2n) is 10.6. The van der Waals surface area contributed by atoms with Crippen LogP contribution in [0.2, 0.25) is 0 Å². The van der Waals surface area contributed by atoms with Gasteiger partial charge in [-0.3, -0.25) is 14.8 Å². The number of ether oxygens (including phenoxy) is 1. The van der Waals surface area contributed by atoms with E-state index < -0.39 is 17.6 Å². The first-order valence-electron chi connectivity index (χ1n) is 15.0. The molecule has 0 saturated carbocycles. The number of terminal acetylenes is 1. The Hall–Kier alpha value is -4.31. The molecular weight excluding hydrogens is 595 g/mol. The molecule has 0 spiro atoms. The zero-order valence-electron chi connectivity index (χ0n) is 27.7. The minimum atomic E-state index is -4.63. The Balaban J connectivity index is 0.00000518. The quantitative estimate of drug-likeness (QED) is 0.0689. The smallest absolute Gasteiger partial charge is 0.416 e. The first-order chi connectivity index (χ1) is 21.8. The highest BCUT2D eigenvalue weighted by Crippen LogP contribution is 2.39. The third kappa shape index (κ3) is 13.0. The average molecular weight is 644 g/mol. The molecule has 12 heteroatoms. The summed E-state index contributed by atoms with van der Waals surface area (Å²) in [6, 6.07) is 5.55. The van der Waals surface area contributed by atoms with Crippen molar-refractivity contribution in [1.29, 1.82) is 0 Å². The van der Waals surface area contributed by atoms with Gasteiger partial charge in [-0.2, -0.15) is 13.2 Å². The number of hydrazine groups is 1. The molecule has 1 heterocycles. The van der Waals surface area contributed by atoms with Crippen molar-refractivity contribution in [2.24, 2.45) is 11.6 Å². The second-order valence-corrected chi connectivity index (χ2v) is 10.6. The molecule has 0 aliphatic rings. The maximum Gasteiger partial charge on any atom is 0.416 e. The van der Waals surface area contributed by atoms with Crippen molar-refractivity contribution in [2.75, 3.05) is 46.2 Å². The molecule has 0 aliphatic heterocycles. The molecule has 1 amide bonds. The van der Waals surface area contributed by atoms with Crippen molar-refractivity contribution in [3.8, 4) is 18.6 Å². The predicted molar refractivity (Wildman–Crippen MR) is 180 cm³/mol. The molecule has 2 rings (SSSR count). The molecule has 9 nitrogen and oxygen atoms in total. The molecule has 5 N–H and O–H groups in total. The van der Waals surface area contributed by atoms with E-state index in [4.69, 9.17) is 16.3 Å². The van der Waals surface area contributed by atoms with Crippen molar-refractivity contribution in [3.63, 3.8) is 0 Å². The van der Waals surface area contributed by atoms with Gasteiger partial charge in [0.2, 0.25) is 0 Å². The monoisotopic (exact) mass is 643 g/mol. The van der Waals surface area contributed by atoms with Crippen LogP contribution in [-0.4, -0.2) is 66.5 Å². The van der Waals surface area contributed by atoms with E-state index in [2.05, 4.69) is 23.1 Å². The maximum atomic E-state index is 14.0. The van der Waals surface area contributed by atoms with Crippen molar-refractivity contribution in [1.82, 2.24) is 19.8 Å². The topological polar surface area (TPSA) is 113 Å². The Morgan fingerprint density at radius 2 is 1.83 bits per heavy atom. The van der Waals surface area contributed by atoms with Gasteiger partial charge in [-0.05, 0) is 71.2 Å². The third-order valence-corrected chi connectivity index (χ3v) is 6.52. The van der Waals surface area contributed by atoms with Crippen LogP contribution in [0.15, 0.2) is 66.3 Å². The van der Waals surface area contributed by atoms with Crippen LogP contribution in [0.1, 0.15) is 56.7 Å². The maximum absolute atomic E-state index is 14.0. The van der Waals surface area contributed by atoms with Gasteiger partial charge in [0, 0.05) is 60.6 Å². The molecule has 0 atom stereocenters. The molecule has 1 aromatic heterocycles. The highest BCUT2D eigenvalue weighted by molar-refractivity contribution is 6.06. The molecule has 0 saturated heterocycles. The van der Waals surface area contributed by atoms with Crippen LogP contribution in [0.5, 0.6) is 5.75 Å². The number of hydrogen-bond donors (Lipinski definition) is 3. The fraction of sp³-hybridized carbons (Fsp3) is 0.412. The number of carbonyl (C=O) groups excluding carboxylic acids is 1. The first-order valence-corrected chi connectivity index (χ1v) is 15.0. The lowest BCUT2D eigenvalue weighted by Gasteiger charge is -2.24. The average Bonchev–Trinajstić information content (AvgIpc) is 3.01. The van der Waals surface area contributed by atoms with Crippen LogP contribution in [-0.2, 0) is 17.5 Å². The number of alkyl halides is 3. The standard InChI is InChI=1S/C32H46F3N7O2.C2H2/c1-7-11-23(18-27(12-8-2)42(37)22-28(36)24-13-10-14-38-20-24)31(43)39-29-19-26(32(33,34)35)17-25(30(29)44-9-3)21-41(6)16-15-40(4)5;1-2/h10-11,13-14,17-20,22H,7-9,12,15-16,21,36-37H2,1-6H3,(H,39,43);1-2H/b23-11+,27-18+,28-22-;. The van der Waals surface area contributed by atoms with Gasteiger partial charge in [-0.25, -0.2) is 5.84 Å². The van der Waals surface area contributed by atoms with Crippen LogP contribution in [0, 0.1) is 12.8 Å². The molecule has 1 aromatic carbocycles. The van der Waals surface area contributed by atoms with Gasteiger partial charge in [-0.15, -0.1) is 12.8 Å². The van der Waals surface area contributed by atoms with Crippen molar-refractivity contribution >= 4 is 17.3 Å². The van der Waals surface area contributed by atoms with Crippen LogP contribution in [0.3, 0.4) is 0 Å². The van der Waals surface area contributed by atoms with E-state index in [-0.39, 0.29) is 30.2 Å².